The fourth-order valence-electron chi connectivity index (χ4n) is 0.795. The molecule has 1 aliphatic rings. The van der Waals surface area contributed by atoms with Crippen molar-refractivity contribution in [3.63, 3.8) is 0 Å². The van der Waals surface area contributed by atoms with E-state index in [2.05, 4.69) is 5.43 Å². The van der Waals surface area contributed by atoms with Crippen molar-refractivity contribution in [3.05, 3.63) is 0 Å². The number of nitrogens with zero attached hydrogens (tertiary/aromatic N) is 1. The van der Waals surface area contributed by atoms with Crippen LogP contribution in [0.15, 0.2) is 0 Å². The van der Waals surface area contributed by atoms with Gasteiger partial charge in [0.1, 0.15) is 0 Å². The minimum atomic E-state index is -0.743. The van der Waals surface area contributed by atoms with Crippen LogP contribution in [0.1, 0.15) is 12.8 Å². The highest BCUT2D eigenvalue weighted by Gasteiger charge is 2.12. The molecule has 0 aromatic heterocycles. The van der Waals surface area contributed by atoms with Gasteiger partial charge < -0.3 is 5.11 Å². The summed E-state index contributed by atoms with van der Waals surface area (Å²) in [7, 11) is 0. The monoisotopic (exact) mass is 144 g/mol. The Morgan fingerprint density at radius 1 is 1.60 bits per heavy atom. The second kappa shape index (κ2) is 3.53. The smallest absolute Gasteiger partial charge is 0.304 e. The van der Waals surface area contributed by atoms with E-state index in [1.54, 1.807) is 0 Å². The van der Waals surface area contributed by atoms with Crippen molar-refractivity contribution in [2.45, 2.75) is 12.8 Å². The van der Waals surface area contributed by atoms with Crippen molar-refractivity contribution in [2.75, 3.05) is 19.6 Å². The molecule has 1 aliphatic heterocycles. The zero-order valence-corrected chi connectivity index (χ0v) is 5.84. The summed E-state index contributed by atoms with van der Waals surface area (Å²) in [6.45, 7) is 2.66. The maximum absolute atomic E-state index is 10.0. The lowest BCUT2D eigenvalue weighted by Gasteiger charge is -2.30. The predicted molar refractivity (Wildman–Crippen MR) is 36.4 cm³/mol. The maximum atomic E-state index is 10.0. The second-order valence-corrected chi connectivity index (χ2v) is 2.39. The summed E-state index contributed by atoms with van der Waals surface area (Å²) in [5.41, 5.74) is 3.00. The van der Waals surface area contributed by atoms with Crippen molar-refractivity contribution in [2.24, 2.45) is 0 Å². The third kappa shape index (κ3) is 2.33. The highest BCUT2D eigenvalue weighted by atomic mass is 16.4. The van der Waals surface area contributed by atoms with E-state index in [1.165, 1.54) is 6.42 Å². The number of carboxylic acid groups (broad SMARTS) is 1. The van der Waals surface area contributed by atoms with Crippen molar-refractivity contribution < 1.29 is 9.90 Å². The first kappa shape index (κ1) is 7.50. The van der Waals surface area contributed by atoms with Gasteiger partial charge in [-0.15, -0.1) is 0 Å². The molecule has 0 aliphatic carbocycles. The highest BCUT2D eigenvalue weighted by molar-refractivity contribution is 5.66. The van der Waals surface area contributed by atoms with Gasteiger partial charge >= 0.3 is 5.97 Å². The Kier molecular flexibility index (Phi) is 2.65. The molecule has 1 rings (SSSR count). The van der Waals surface area contributed by atoms with E-state index < -0.39 is 5.97 Å². The topological polar surface area (TPSA) is 52.6 Å². The van der Waals surface area contributed by atoms with Crippen LogP contribution in [0.25, 0.3) is 0 Å². The SMILES string of the molecule is O=C(O)CCNN1CCC1. The normalized spacial score (nSPS) is 18.4. The van der Waals surface area contributed by atoms with E-state index in [0.717, 1.165) is 13.1 Å². The first-order valence-corrected chi connectivity index (χ1v) is 3.49. The summed E-state index contributed by atoms with van der Waals surface area (Å²) in [5, 5.41) is 10.3. The second-order valence-electron chi connectivity index (χ2n) is 2.39. The standard InChI is InChI=1S/C6H12N2O2/c9-6(10)2-3-7-8-4-1-5-8/h7H,1-5H2,(H,9,10). The average molecular weight is 144 g/mol. The van der Waals surface area contributed by atoms with Crippen LogP contribution in [-0.2, 0) is 4.79 Å². The summed E-state index contributed by atoms with van der Waals surface area (Å²) in [5.74, 6) is -0.743. The Bertz CT molecular complexity index is 123. The van der Waals surface area contributed by atoms with Gasteiger partial charge in [-0.25, -0.2) is 5.01 Å². The lowest BCUT2D eigenvalue weighted by atomic mass is 10.3. The molecule has 1 saturated heterocycles. The Morgan fingerprint density at radius 3 is 2.70 bits per heavy atom. The zero-order valence-electron chi connectivity index (χ0n) is 5.84. The molecule has 0 aromatic carbocycles. The zero-order chi connectivity index (χ0) is 7.40. The molecule has 0 aromatic rings. The third-order valence-corrected chi connectivity index (χ3v) is 1.53. The van der Waals surface area contributed by atoms with Crippen LogP contribution in [-0.4, -0.2) is 35.7 Å². The van der Waals surface area contributed by atoms with Gasteiger partial charge in [0, 0.05) is 19.6 Å². The molecule has 0 amide bonds. The average Bonchev–Trinajstić information content (AvgIpc) is 1.75. The maximum Gasteiger partial charge on any atom is 0.304 e. The third-order valence-electron chi connectivity index (χ3n) is 1.53. The molecule has 58 valence electrons. The summed E-state index contributed by atoms with van der Waals surface area (Å²) < 4.78 is 0. The van der Waals surface area contributed by atoms with E-state index >= 15 is 0 Å². The van der Waals surface area contributed by atoms with Gasteiger partial charge in [-0.3, -0.25) is 10.2 Å². The van der Waals surface area contributed by atoms with Gasteiger partial charge in [0.2, 0.25) is 0 Å². The molecule has 4 nitrogen and oxygen atoms in total. The van der Waals surface area contributed by atoms with E-state index in [-0.39, 0.29) is 6.42 Å². The van der Waals surface area contributed by atoms with Gasteiger partial charge in [0.05, 0.1) is 6.42 Å². The molecule has 1 fully saturated rings. The number of rotatable bonds is 4. The quantitative estimate of drug-likeness (QED) is 0.567. The Balaban J connectivity index is 1.89. The largest absolute Gasteiger partial charge is 0.481 e. The Labute approximate surface area is 59.8 Å². The lowest BCUT2D eigenvalue weighted by molar-refractivity contribution is -0.137. The van der Waals surface area contributed by atoms with Crippen molar-refractivity contribution in [3.8, 4) is 0 Å². The minimum Gasteiger partial charge on any atom is -0.481 e. The molecule has 2 N–H and O–H groups in total. The van der Waals surface area contributed by atoms with E-state index in [1.807, 2.05) is 5.01 Å². The van der Waals surface area contributed by atoms with Crippen LogP contribution >= 0.6 is 0 Å². The predicted octanol–water partition coefficient (Wildman–Crippen LogP) is -0.329. The van der Waals surface area contributed by atoms with Crippen LogP contribution in [0.2, 0.25) is 0 Å². The molecule has 0 saturated carbocycles. The van der Waals surface area contributed by atoms with E-state index in [4.69, 9.17) is 5.11 Å². The fourth-order valence-corrected chi connectivity index (χ4v) is 0.795. The Morgan fingerprint density at radius 2 is 2.30 bits per heavy atom. The van der Waals surface area contributed by atoms with Gasteiger partial charge in [0.25, 0.3) is 0 Å². The molecule has 0 bridgehead atoms. The van der Waals surface area contributed by atoms with Crippen LogP contribution in [0.5, 0.6) is 0 Å². The summed E-state index contributed by atoms with van der Waals surface area (Å²) in [6, 6.07) is 0. The highest BCUT2D eigenvalue weighted by Crippen LogP contribution is 1.99. The number of hydrogen-bond donors (Lipinski definition) is 2. The molecule has 0 atom stereocenters. The fraction of sp³-hybridized carbons (Fsp3) is 0.833. The van der Waals surface area contributed by atoms with Crippen molar-refractivity contribution in [1.29, 1.82) is 0 Å². The van der Waals surface area contributed by atoms with E-state index in [0.29, 0.717) is 6.54 Å². The number of hydrazine groups is 1. The van der Waals surface area contributed by atoms with Crippen LogP contribution in [0.4, 0.5) is 0 Å². The lowest BCUT2D eigenvalue weighted by Crippen LogP contribution is -2.48. The molecule has 4 heteroatoms. The van der Waals surface area contributed by atoms with Gasteiger partial charge in [-0.05, 0) is 6.42 Å². The van der Waals surface area contributed by atoms with Crippen LogP contribution in [0.3, 0.4) is 0 Å². The number of nitrogens with one attached hydrogen (secondary N) is 1. The molecule has 0 radical (unpaired) electrons. The first-order valence-electron chi connectivity index (χ1n) is 3.49. The van der Waals surface area contributed by atoms with Crippen molar-refractivity contribution in [1.82, 2.24) is 10.4 Å². The molecule has 10 heavy (non-hydrogen) atoms. The number of carbonyl (C=O) groups is 1. The molecular weight excluding hydrogens is 132 g/mol. The number of aliphatic carboxylic acids is 1. The molecular formula is C6H12N2O2. The van der Waals surface area contributed by atoms with Crippen LogP contribution < -0.4 is 5.43 Å². The van der Waals surface area contributed by atoms with Gasteiger partial charge in [0.15, 0.2) is 0 Å². The summed E-state index contributed by atoms with van der Waals surface area (Å²) >= 11 is 0. The first-order chi connectivity index (χ1) is 4.79. The molecule has 0 spiro atoms. The molecule has 0 unspecified atom stereocenters. The van der Waals surface area contributed by atoms with Gasteiger partial charge in [-0.1, -0.05) is 0 Å². The minimum absolute atomic E-state index is 0.205. The number of carboxylic acids is 1. The van der Waals surface area contributed by atoms with Gasteiger partial charge in [-0.2, -0.15) is 0 Å². The van der Waals surface area contributed by atoms with Crippen LogP contribution in [0, 0.1) is 0 Å². The van der Waals surface area contributed by atoms with Crippen molar-refractivity contribution >= 4 is 5.97 Å². The summed E-state index contributed by atoms with van der Waals surface area (Å²) in [6.07, 6.45) is 1.43. The summed E-state index contributed by atoms with van der Waals surface area (Å²) in [4.78, 5) is 10.0. The Hall–Kier alpha value is -0.610. The number of hydrogen-bond acceptors (Lipinski definition) is 3. The van der Waals surface area contributed by atoms with E-state index in [9.17, 15) is 4.79 Å². The molecule has 1 heterocycles.